The zero-order valence-corrected chi connectivity index (χ0v) is 12.2. The monoisotopic (exact) mass is 267 g/mol. The highest BCUT2D eigenvalue weighted by molar-refractivity contribution is 5.80. The Hall–Kier alpha value is -1.78. The highest BCUT2D eigenvalue weighted by Crippen LogP contribution is 2.17. The smallest absolute Gasteiger partial charge is 0.191 e. The first-order chi connectivity index (χ1) is 8.85. The molecule has 0 amide bonds. The topological polar surface area (TPSA) is 45.7 Å². The molecule has 4 nitrogen and oxygen atoms in total. The third-order valence-electron chi connectivity index (χ3n) is 2.39. The second kappa shape index (κ2) is 6.41. The first kappa shape index (κ1) is 15.3. The minimum atomic E-state index is -0.361. The lowest BCUT2D eigenvalue weighted by molar-refractivity contribution is 0.386. The second-order valence-electron chi connectivity index (χ2n) is 5.27. The van der Waals surface area contributed by atoms with Crippen LogP contribution in [-0.4, -0.2) is 25.7 Å². The van der Waals surface area contributed by atoms with Gasteiger partial charge in [-0.3, -0.25) is 4.99 Å². The third kappa shape index (κ3) is 5.16. The number of nitrogens with one attached hydrogen (secondary N) is 2. The predicted molar refractivity (Wildman–Crippen MR) is 76.0 cm³/mol. The molecule has 1 aromatic rings. The van der Waals surface area contributed by atoms with Gasteiger partial charge >= 0.3 is 0 Å². The van der Waals surface area contributed by atoms with Crippen molar-refractivity contribution in [3.8, 4) is 5.75 Å². The van der Waals surface area contributed by atoms with Crippen LogP contribution in [0.1, 0.15) is 26.3 Å². The maximum Gasteiger partial charge on any atom is 0.191 e. The largest absolute Gasteiger partial charge is 0.494 e. The van der Waals surface area contributed by atoms with E-state index >= 15 is 0 Å². The van der Waals surface area contributed by atoms with E-state index < -0.39 is 0 Å². The molecule has 106 valence electrons. The summed E-state index contributed by atoms with van der Waals surface area (Å²) >= 11 is 0. The van der Waals surface area contributed by atoms with Gasteiger partial charge in [-0.2, -0.15) is 0 Å². The summed E-state index contributed by atoms with van der Waals surface area (Å²) < 4.78 is 18.4. The fourth-order valence-corrected chi connectivity index (χ4v) is 1.54. The number of benzene rings is 1. The molecular weight excluding hydrogens is 245 g/mol. The first-order valence-corrected chi connectivity index (χ1v) is 6.17. The first-order valence-electron chi connectivity index (χ1n) is 6.17. The minimum absolute atomic E-state index is 0.0764. The van der Waals surface area contributed by atoms with E-state index in [4.69, 9.17) is 4.74 Å². The molecule has 0 saturated carbocycles. The van der Waals surface area contributed by atoms with Crippen molar-refractivity contribution in [2.45, 2.75) is 32.9 Å². The van der Waals surface area contributed by atoms with E-state index in [0.717, 1.165) is 5.56 Å². The fourth-order valence-electron chi connectivity index (χ4n) is 1.54. The van der Waals surface area contributed by atoms with Crippen LogP contribution >= 0.6 is 0 Å². The summed E-state index contributed by atoms with van der Waals surface area (Å²) in [6.45, 7) is 6.64. The molecule has 0 aromatic heterocycles. The zero-order chi connectivity index (χ0) is 14.5. The average molecular weight is 267 g/mol. The van der Waals surface area contributed by atoms with Crippen molar-refractivity contribution in [1.29, 1.82) is 0 Å². The molecule has 19 heavy (non-hydrogen) atoms. The minimum Gasteiger partial charge on any atom is -0.494 e. The van der Waals surface area contributed by atoms with Gasteiger partial charge in [0.05, 0.1) is 7.11 Å². The van der Waals surface area contributed by atoms with Crippen molar-refractivity contribution in [1.82, 2.24) is 10.6 Å². The molecule has 1 aromatic carbocycles. The molecule has 0 aliphatic carbocycles. The number of hydrogen-bond donors (Lipinski definition) is 2. The van der Waals surface area contributed by atoms with Crippen LogP contribution in [0.15, 0.2) is 23.2 Å². The van der Waals surface area contributed by atoms with Crippen molar-refractivity contribution in [3.63, 3.8) is 0 Å². The van der Waals surface area contributed by atoms with Gasteiger partial charge in [0.25, 0.3) is 0 Å². The van der Waals surface area contributed by atoms with Crippen LogP contribution in [0.2, 0.25) is 0 Å². The Labute approximate surface area is 114 Å². The van der Waals surface area contributed by atoms with Gasteiger partial charge in [-0.15, -0.1) is 0 Å². The van der Waals surface area contributed by atoms with Gasteiger partial charge < -0.3 is 15.4 Å². The Morgan fingerprint density at radius 1 is 1.37 bits per heavy atom. The number of halogens is 1. The van der Waals surface area contributed by atoms with E-state index in [-0.39, 0.29) is 17.1 Å². The molecule has 0 atom stereocenters. The van der Waals surface area contributed by atoms with E-state index in [9.17, 15) is 4.39 Å². The number of rotatable bonds is 3. The van der Waals surface area contributed by atoms with Gasteiger partial charge in [-0.1, -0.05) is 6.07 Å². The highest BCUT2D eigenvalue weighted by atomic mass is 19.1. The van der Waals surface area contributed by atoms with E-state index in [1.165, 1.54) is 13.2 Å². The molecule has 1 rings (SSSR count). The van der Waals surface area contributed by atoms with Crippen LogP contribution in [0.25, 0.3) is 0 Å². The van der Waals surface area contributed by atoms with Crippen molar-refractivity contribution in [2.24, 2.45) is 4.99 Å². The summed E-state index contributed by atoms with van der Waals surface area (Å²) in [4.78, 5) is 4.12. The summed E-state index contributed by atoms with van der Waals surface area (Å²) in [7, 11) is 3.15. The number of methoxy groups -OCH3 is 1. The summed E-state index contributed by atoms with van der Waals surface area (Å²) in [6.07, 6.45) is 0. The van der Waals surface area contributed by atoms with Gasteiger partial charge in [0.15, 0.2) is 17.5 Å². The summed E-state index contributed by atoms with van der Waals surface area (Å²) in [5, 5.41) is 6.37. The van der Waals surface area contributed by atoms with Crippen LogP contribution in [-0.2, 0) is 6.54 Å². The van der Waals surface area contributed by atoms with Crippen molar-refractivity contribution < 1.29 is 9.13 Å². The van der Waals surface area contributed by atoms with Gasteiger partial charge in [0, 0.05) is 19.1 Å². The Morgan fingerprint density at radius 3 is 2.53 bits per heavy atom. The highest BCUT2D eigenvalue weighted by Gasteiger charge is 2.11. The quantitative estimate of drug-likeness (QED) is 0.652. The Morgan fingerprint density at radius 2 is 2.05 bits per heavy atom. The van der Waals surface area contributed by atoms with Crippen LogP contribution in [0, 0.1) is 5.82 Å². The molecule has 0 aliphatic heterocycles. The number of ether oxygens (including phenoxy) is 1. The lowest BCUT2D eigenvalue weighted by Gasteiger charge is -2.23. The lowest BCUT2D eigenvalue weighted by Crippen LogP contribution is -2.47. The molecule has 0 saturated heterocycles. The Balaban J connectivity index is 2.63. The van der Waals surface area contributed by atoms with Gasteiger partial charge in [0.1, 0.15) is 0 Å². The molecule has 5 heteroatoms. The number of hydrogen-bond acceptors (Lipinski definition) is 2. The average Bonchev–Trinajstić information content (AvgIpc) is 2.33. The fraction of sp³-hybridized carbons (Fsp3) is 0.500. The molecule has 0 heterocycles. The normalized spacial score (nSPS) is 12.2. The van der Waals surface area contributed by atoms with Crippen LogP contribution in [0.4, 0.5) is 4.39 Å². The van der Waals surface area contributed by atoms with E-state index in [1.54, 1.807) is 13.1 Å². The lowest BCUT2D eigenvalue weighted by atomic mass is 10.1. The molecule has 0 radical (unpaired) electrons. The summed E-state index contributed by atoms with van der Waals surface area (Å²) in [5.41, 5.74) is 0.752. The Kier molecular flexibility index (Phi) is 5.15. The number of guanidine groups is 1. The SMILES string of the molecule is CN=C(NCc1ccc(OC)c(F)c1)NC(C)(C)C. The van der Waals surface area contributed by atoms with Crippen LogP contribution in [0.5, 0.6) is 5.75 Å². The molecule has 0 fully saturated rings. The summed E-state index contributed by atoms with van der Waals surface area (Å²) in [5.74, 6) is 0.574. The third-order valence-corrected chi connectivity index (χ3v) is 2.39. The van der Waals surface area contributed by atoms with E-state index in [2.05, 4.69) is 15.6 Å². The van der Waals surface area contributed by atoms with Crippen LogP contribution < -0.4 is 15.4 Å². The molecule has 0 bridgehead atoms. The molecular formula is C14H22FN3O. The van der Waals surface area contributed by atoms with Gasteiger partial charge in [-0.25, -0.2) is 4.39 Å². The van der Waals surface area contributed by atoms with Crippen LogP contribution in [0.3, 0.4) is 0 Å². The molecule has 0 aliphatic rings. The number of nitrogens with zero attached hydrogens (tertiary/aromatic N) is 1. The maximum absolute atomic E-state index is 13.5. The van der Waals surface area contributed by atoms with Crippen molar-refractivity contribution in [2.75, 3.05) is 14.2 Å². The van der Waals surface area contributed by atoms with E-state index in [1.807, 2.05) is 26.8 Å². The van der Waals surface area contributed by atoms with Gasteiger partial charge in [-0.05, 0) is 38.5 Å². The Bertz CT molecular complexity index is 452. The maximum atomic E-state index is 13.5. The predicted octanol–water partition coefficient (Wildman–Crippen LogP) is 2.30. The van der Waals surface area contributed by atoms with Gasteiger partial charge in [0.2, 0.25) is 0 Å². The number of aliphatic imine (C=N–C) groups is 1. The van der Waals surface area contributed by atoms with E-state index in [0.29, 0.717) is 12.5 Å². The molecule has 2 N–H and O–H groups in total. The second-order valence-corrected chi connectivity index (χ2v) is 5.27. The van der Waals surface area contributed by atoms with Crippen molar-refractivity contribution >= 4 is 5.96 Å². The molecule has 0 spiro atoms. The summed E-state index contributed by atoms with van der Waals surface area (Å²) in [6, 6.07) is 4.89. The standard InChI is InChI=1S/C14H22FN3O/c1-14(2,3)18-13(16-4)17-9-10-6-7-12(19-5)11(15)8-10/h6-8H,9H2,1-5H3,(H2,16,17,18). The zero-order valence-electron chi connectivity index (χ0n) is 12.2. The molecule has 0 unspecified atom stereocenters. The van der Waals surface area contributed by atoms with Crippen molar-refractivity contribution in [3.05, 3.63) is 29.6 Å².